The number of benzene rings is 3. The molecule has 0 bridgehead atoms. The van der Waals surface area contributed by atoms with Crippen LogP contribution in [0.4, 0.5) is 5.69 Å². The molecule has 1 aliphatic heterocycles. The topological polar surface area (TPSA) is 95.9 Å². The number of ketones is 1. The number of ether oxygens (including phenoxy) is 1. The average molecular weight is 515 g/mol. The Labute approximate surface area is 223 Å². The molecule has 1 heterocycles. The predicted octanol–water partition coefficient (Wildman–Crippen LogP) is 5.68. The lowest BCUT2D eigenvalue weighted by Crippen LogP contribution is -2.47. The second kappa shape index (κ2) is 12.5. The van der Waals surface area contributed by atoms with E-state index in [2.05, 4.69) is 10.2 Å². The van der Waals surface area contributed by atoms with Gasteiger partial charge in [-0.25, -0.2) is 4.79 Å². The highest BCUT2D eigenvalue weighted by Gasteiger charge is 2.29. The first kappa shape index (κ1) is 27.1. The highest BCUT2D eigenvalue weighted by atomic mass is 16.5. The van der Waals surface area contributed by atoms with E-state index < -0.39 is 5.97 Å². The van der Waals surface area contributed by atoms with Crippen molar-refractivity contribution in [1.29, 1.82) is 0 Å². The molecule has 38 heavy (non-hydrogen) atoms. The van der Waals surface area contributed by atoms with Crippen molar-refractivity contribution >= 4 is 23.3 Å². The van der Waals surface area contributed by atoms with Gasteiger partial charge in [0.05, 0.1) is 11.6 Å². The van der Waals surface area contributed by atoms with E-state index in [1.54, 1.807) is 36.4 Å². The molecule has 0 aromatic heterocycles. The van der Waals surface area contributed by atoms with E-state index in [0.717, 1.165) is 42.6 Å². The van der Waals surface area contributed by atoms with E-state index >= 15 is 0 Å². The maximum absolute atomic E-state index is 13.2. The zero-order valence-electron chi connectivity index (χ0n) is 21.9. The standard InChI is InChI=1S/C31H34N2O5/c1-21-11-9-12-22(2)29(21)32-30(36)25-15-7-8-19-33(25)20-10-17-26(34)23-13-4-6-18-28(23)38-31(37)24-14-3-5-16-27(24)35/h3-6,9,11-14,16,18,25,35H,7-8,10,15,17,19-20H2,1-2H3,(H,32,36). The molecular formula is C31H34N2O5. The number of hydrogen-bond donors (Lipinski definition) is 2. The molecule has 1 unspecified atom stereocenters. The summed E-state index contributed by atoms with van der Waals surface area (Å²) in [4.78, 5) is 41.0. The van der Waals surface area contributed by atoms with Gasteiger partial charge in [0.2, 0.25) is 5.91 Å². The number of anilines is 1. The van der Waals surface area contributed by atoms with Gasteiger partial charge in [-0.1, -0.05) is 48.9 Å². The first-order valence-corrected chi connectivity index (χ1v) is 13.1. The molecule has 0 aliphatic carbocycles. The van der Waals surface area contributed by atoms with Crippen LogP contribution in [-0.2, 0) is 4.79 Å². The number of carbonyl (C=O) groups is 3. The largest absolute Gasteiger partial charge is 0.507 e. The van der Waals surface area contributed by atoms with Crippen LogP contribution in [-0.4, -0.2) is 46.8 Å². The van der Waals surface area contributed by atoms with Gasteiger partial charge in [0.15, 0.2) is 5.78 Å². The molecule has 1 atom stereocenters. The first-order chi connectivity index (χ1) is 18.3. The summed E-state index contributed by atoms with van der Waals surface area (Å²) < 4.78 is 5.47. The van der Waals surface area contributed by atoms with Crippen molar-refractivity contribution in [2.45, 2.75) is 52.0 Å². The minimum atomic E-state index is -0.727. The van der Waals surface area contributed by atoms with Crippen LogP contribution in [0.15, 0.2) is 66.7 Å². The summed E-state index contributed by atoms with van der Waals surface area (Å²) >= 11 is 0. The summed E-state index contributed by atoms with van der Waals surface area (Å²) in [6, 6.07) is 18.5. The second-order valence-corrected chi connectivity index (χ2v) is 9.73. The van der Waals surface area contributed by atoms with E-state index in [4.69, 9.17) is 4.74 Å². The number of esters is 1. The van der Waals surface area contributed by atoms with Crippen molar-refractivity contribution in [3.63, 3.8) is 0 Å². The lowest BCUT2D eigenvalue weighted by molar-refractivity contribution is -0.122. The third-order valence-corrected chi connectivity index (χ3v) is 7.01. The normalized spacial score (nSPS) is 15.6. The number of nitrogens with one attached hydrogen (secondary N) is 1. The van der Waals surface area contributed by atoms with Crippen LogP contribution in [0, 0.1) is 13.8 Å². The number of likely N-dealkylation sites (tertiary alicyclic amines) is 1. The molecule has 3 aromatic carbocycles. The summed E-state index contributed by atoms with van der Waals surface area (Å²) in [6.07, 6.45) is 3.64. The molecule has 7 nitrogen and oxygen atoms in total. The number of rotatable bonds is 9. The second-order valence-electron chi connectivity index (χ2n) is 9.73. The number of phenols is 1. The van der Waals surface area contributed by atoms with Gasteiger partial charge in [-0.15, -0.1) is 0 Å². The van der Waals surface area contributed by atoms with Crippen molar-refractivity contribution in [3.8, 4) is 11.5 Å². The Morgan fingerprint density at radius 3 is 2.34 bits per heavy atom. The summed E-state index contributed by atoms with van der Waals surface area (Å²) in [6.45, 7) is 5.42. The molecule has 1 aliphatic rings. The van der Waals surface area contributed by atoms with Crippen LogP contribution in [0.25, 0.3) is 0 Å². The molecular weight excluding hydrogens is 480 g/mol. The van der Waals surface area contributed by atoms with Crippen molar-refractivity contribution in [2.24, 2.45) is 0 Å². The summed E-state index contributed by atoms with van der Waals surface area (Å²) in [5.41, 5.74) is 3.29. The van der Waals surface area contributed by atoms with Crippen molar-refractivity contribution < 1.29 is 24.2 Å². The molecule has 0 spiro atoms. The number of Topliss-reactive ketones (excluding diaryl/α,β-unsaturated/α-hetero) is 1. The van der Waals surface area contributed by atoms with E-state index in [0.29, 0.717) is 18.5 Å². The van der Waals surface area contributed by atoms with Gasteiger partial charge >= 0.3 is 5.97 Å². The van der Waals surface area contributed by atoms with Crippen LogP contribution < -0.4 is 10.1 Å². The zero-order chi connectivity index (χ0) is 27.1. The maximum atomic E-state index is 13.2. The lowest BCUT2D eigenvalue weighted by Gasteiger charge is -2.34. The van der Waals surface area contributed by atoms with Gasteiger partial charge in [-0.2, -0.15) is 0 Å². The first-order valence-electron chi connectivity index (χ1n) is 13.1. The smallest absolute Gasteiger partial charge is 0.347 e. The van der Waals surface area contributed by atoms with E-state index in [1.807, 2.05) is 32.0 Å². The van der Waals surface area contributed by atoms with E-state index in [1.165, 1.54) is 12.1 Å². The molecule has 0 radical (unpaired) electrons. The number of piperidine rings is 1. The number of aryl methyl sites for hydroxylation is 2. The Balaban J connectivity index is 1.36. The molecule has 3 aromatic rings. The number of hydrogen-bond acceptors (Lipinski definition) is 6. The zero-order valence-corrected chi connectivity index (χ0v) is 21.9. The highest BCUT2D eigenvalue weighted by Crippen LogP contribution is 2.26. The number of para-hydroxylation sites is 3. The quantitative estimate of drug-likeness (QED) is 0.217. The third-order valence-electron chi connectivity index (χ3n) is 7.01. The van der Waals surface area contributed by atoms with Crippen LogP contribution in [0.1, 0.15) is 63.9 Å². The van der Waals surface area contributed by atoms with Gasteiger partial charge < -0.3 is 15.2 Å². The number of carbonyl (C=O) groups excluding carboxylic acids is 3. The van der Waals surface area contributed by atoms with Gasteiger partial charge in [-0.05, 0) is 81.6 Å². The van der Waals surface area contributed by atoms with Gasteiger partial charge in [-0.3, -0.25) is 14.5 Å². The van der Waals surface area contributed by atoms with Crippen molar-refractivity contribution in [2.75, 3.05) is 18.4 Å². The Hall–Kier alpha value is -3.97. The fourth-order valence-corrected chi connectivity index (χ4v) is 4.94. The number of phenolic OH excluding ortho intramolecular Hbond substituents is 1. The molecule has 0 saturated carbocycles. The molecule has 2 N–H and O–H groups in total. The summed E-state index contributed by atoms with van der Waals surface area (Å²) in [5.74, 6) is -0.892. The monoisotopic (exact) mass is 514 g/mol. The lowest BCUT2D eigenvalue weighted by atomic mass is 9.99. The van der Waals surface area contributed by atoms with E-state index in [-0.39, 0.29) is 41.2 Å². The van der Waals surface area contributed by atoms with Gasteiger partial charge in [0.1, 0.15) is 17.1 Å². The van der Waals surface area contributed by atoms with Gasteiger partial charge in [0.25, 0.3) is 0 Å². The Bertz CT molecular complexity index is 1300. The summed E-state index contributed by atoms with van der Waals surface area (Å²) in [5, 5.41) is 13.1. The van der Waals surface area contributed by atoms with E-state index in [9.17, 15) is 19.5 Å². The fourth-order valence-electron chi connectivity index (χ4n) is 4.94. The third kappa shape index (κ3) is 6.47. The Morgan fingerprint density at radius 2 is 1.61 bits per heavy atom. The maximum Gasteiger partial charge on any atom is 0.347 e. The Morgan fingerprint density at radius 1 is 0.921 bits per heavy atom. The molecule has 1 fully saturated rings. The van der Waals surface area contributed by atoms with Crippen molar-refractivity contribution in [3.05, 3.63) is 89.0 Å². The molecule has 1 saturated heterocycles. The molecule has 7 heteroatoms. The highest BCUT2D eigenvalue weighted by molar-refractivity contribution is 6.01. The minimum Gasteiger partial charge on any atom is -0.507 e. The number of nitrogens with zero attached hydrogens (tertiary/aromatic N) is 1. The van der Waals surface area contributed by atoms with Crippen LogP contribution in [0.3, 0.4) is 0 Å². The molecule has 198 valence electrons. The van der Waals surface area contributed by atoms with Gasteiger partial charge in [0, 0.05) is 12.1 Å². The Kier molecular flexibility index (Phi) is 8.92. The SMILES string of the molecule is Cc1cccc(C)c1NC(=O)C1CCCCN1CCCC(=O)c1ccccc1OC(=O)c1ccccc1O. The number of amides is 1. The number of aromatic hydroxyl groups is 1. The van der Waals surface area contributed by atoms with Crippen LogP contribution in [0.5, 0.6) is 11.5 Å². The van der Waals surface area contributed by atoms with Crippen molar-refractivity contribution in [1.82, 2.24) is 4.90 Å². The van der Waals surface area contributed by atoms with Crippen LogP contribution >= 0.6 is 0 Å². The predicted molar refractivity (Wildman–Crippen MR) is 147 cm³/mol. The average Bonchev–Trinajstić information content (AvgIpc) is 2.91. The minimum absolute atomic E-state index is 0.00477. The molecule has 4 rings (SSSR count). The fraction of sp³-hybridized carbons (Fsp3) is 0.323. The molecule has 1 amide bonds. The van der Waals surface area contributed by atoms with Crippen LogP contribution in [0.2, 0.25) is 0 Å². The summed E-state index contributed by atoms with van der Waals surface area (Å²) in [7, 11) is 0.